The first-order valence-electron chi connectivity index (χ1n) is 8.60. The van der Waals surface area contributed by atoms with E-state index in [0.717, 1.165) is 25.6 Å². The minimum Gasteiger partial charge on any atom is -0.385 e. The fraction of sp³-hybridized carbons (Fsp3) is 0.667. The maximum absolute atomic E-state index is 3.66. The lowest BCUT2D eigenvalue weighted by atomic mass is 9.99. The normalized spacial score (nSPS) is 20.0. The van der Waals surface area contributed by atoms with E-state index in [1.54, 1.807) is 0 Å². The third-order valence-electron chi connectivity index (χ3n) is 4.74. The molecule has 2 heterocycles. The number of fused-ring (bicyclic) bond motifs is 1. The lowest BCUT2D eigenvalue weighted by Gasteiger charge is -2.23. The summed E-state index contributed by atoms with van der Waals surface area (Å²) in [6.45, 7) is 9.44. The zero-order valence-electron chi connectivity index (χ0n) is 13.3. The Labute approximate surface area is 129 Å². The van der Waals surface area contributed by atoms with Gasteiger partial charge in [0.15, 0.2) is 0 Å². The second-order valence-electron chi connectivity index (χ2n) is 6.73. The smallest absolute Gasteiger partial charge is 0.0418 e. The van der Waals surface area contributed by atoms with Crippen LogP contribution in [0.1, 0.15) is 37.3 Å². The minimum atomic E-state index is 0.732. The molecule has 1 unspecified atom stereocenters. The van der Waals surface area contributed by atoms with E-state index in [1.165, 1.54) is 62.1 Å². The van der Waals surface area contributed by atoms with E-state index in [2.05, 4.69) is 40.7 Å². The van der Waals surface area contributed by atoms with E-state index in [-0.39, 0.29) is 0 Å². The van der Waals surface area contributed by atoms with Crippen LogP contribution in [-0.4, -0.2) is 37.6 Å². The number of hydrogen-bond donors (Lipinski definition) is 2. The summed E-state index contributed by atoms with van der Waals surface area (Å²) >= 11 is 0. The van der Waals surface area contributed by atoms with Crippen molar-refractivity contribution in [2.24, 2.45) is 5.92 Å². The van der Waals surface area contributed by atoms with Crippen LogP contribution in [0.4, 0.5) is 5.69 Å². The fourth-order valence-corrected chi connectivity index (χ4v) is 3.65. The second-order valence-corrected chi connectivity index (χ2v) is 6.73. The Balaban J connectivity index is 1.46. The van der Waals surface area contributed by atoms with Crippen molar-refractivity contribution in [1.29, 1.82) is 0 Å². The largest absolute Gasteiger partial charge is 0.385 e. The van der Waals surface area contributed by atoms with E-state index in [4.69, 9.17) is 0 Å². The van der Waals surface area contributed by atoms with Crippen LogP contribution in [0.2, 0.25) is 0 Å². The van der Waals surface area contributed by atoms with Crippen molar-refractivity contribution in [3.05, 3.63) is 29.3 Å². The lowest BCUT2D eigenvalue weighted by Crippen LogP contribution is -2.31. The van der Waals surface area contributed by atoms with Crippen LogP contribution in [0.15, 0.2) is 18.2 Å². The van der Waals surface area contributed by atoms with Gasteiger partial charge in [0.1, 0.15) is 0 Å². The average molecular weight is 287 g/mol. The maximum atomic E-state index is 3.66. The van der Waals surface area contributed by atoms with E-state index < -0.39 is 0 Å². The number of nitrogens with one attached hydrogen (secondary N) is 2. The molecule has 2 aliphatic heterocycles. The third kappa shape index (κ3) is 3.98. The first-order chi connectivity index (χ1) is 10.3. The number of aryl methyl sites for hydroxylation is 1. The molecule has 21 heavy (non-hydrogen) atoms. The molecule has 3 nitrogen and oxygen atoms in total. The van der Waals surface area contributed by atoms with Gasteiger partial charge >= 0.3 is 0 Å². The van der Waals surface area contributed by atoms with Crippen molar-refractivity contribution in [3.63, 3.8) is 0 Å². The molecule has 0 amide bonds. The van der Waals surface area contributed by atoms with Gasteiger partial charge in [-0.25, -0.2) is 0 Å². The van der Waals surface area contributed by atoms with Gasteiger partial charge in [-0.05, 0) is 62.4 Å². The first kappa shape index (κ1) is 14.9. The van der Waals surface area contributed by atoms with Gasteiger partial charge in [0.2, 0.25) is 0 Å². The molecule has 0 aromatic heterocycles. The Kier molecular flexibility index (Phi) is 5.15. The van der Waals surface area contributed by atoms with E-state index in [9.17, 15) is 0 Å². The predicted molar refractivity (Wildman–Crippen MR) is 89.8 cm³/mol. The highest BCUT2D eigenvalue weighted by Gasteiger charge is 2.15. The molecule has 1 atom stereocenters. The van der Waals surface area contributed by atoms with E-state index in [1.807, 2.05) is 0 Å². The molecule has 0 saturated carbocycles. The molecule has 3 heteroatoms. The Morgan fingerprint density at radius 2 is 2.10 bits per heavy atom. The van der Waals surface area contributed by atoms with Crippen LogP contribution in [-0.2, 0) is 13.0 Å². The van der Waals surface area contributed by atoms with Crippen molar-refractivity contribution >= 4 is 5.69 Å². The topological polar surface area (TPSA) is 27.3 Å². The van der Waals surface area contributed by atoms with Gasteiger partial charge in [-0.15, -0.1) is 0 Å². The van der Waals surface area contributed by atoms with Gasteiger partial charge in [0.05, 0.1) is 0 Å². The Morgan fingerprint density at radius 3 is 2.95 bits per heavy atom. The quantitative estimate of drug-likeness (QED) is 0.842. The summed E-state index contributed by atoms with van der Waals surface area (Å²) in [6, 6.07) is 6.73. The Morgan fingerprint density at radius 1 is 1.24 bits per heavy atom. The van der Waals surface area contributed by atoms with Gasteiger partial charge in [0.25, 0.3) is 0 Å². The standard InChI is InChI=1S/C18H29N3/c1-15(14-21-10-2-3-11-21)12-19-13-17-7-4-6-16-8-5-9-20-18(16)17/h4,6-7,15,19-20H,2-3,5,8-14H2,1H3. The summed E-state index contributed by atoms with van der Waals surface area (Å²) in [5, 5.41) is 7.24. The molecule has 2 aliphatic rings. The molecule has 1 aromatic rings. The number of anilines is 1. The summed E-state index contributed by atoms with van der Waals surface area (Å²) in [4.78, 5) is 2.61. The molecule has 1 fully saturated rings. The maximum Gasteiger partial charge on any atom is 0.0418 e. The van der Waals surface area contributed by atoms with E-state index in [0.29, 0.717) is 0 Å². The van der Waals surface area contributed by atoms with Gasteiger partial charge < -0.3 is 15.5 Å². The molecule has 1 saturated heterocycles. The number of rotatable bonds is 6. The highest BCUT2D eigenvalue weighted by molar-refractivity contribution is 5.59. The van der Waals surface area contributed by atoms with Crippen LogP contribution in [0, 0.1) is 5.92 Å². The average Bonchev–Trinajstić information content (AvgIpc) is 3.00. The SMILES string of the molecule is CC(CNCc1cccc2c1NCCC2)CN1CCCC1. The lowest BCUT2D eigenvalue weighted by molar-refractivity contribution is 0.282. The van der Waals surface area contributed by atoms with Crippen LogP contribution >= 0.6 is 0 Å². The van der Waals surface area contributed by atoms with Crippen molar-refractivity contribution in [2.75, 3.05) is 38.0 Å². The second kappa shape index (κ2) is 7.28. The van der Waals surface area contributed by atoms with Crippen LogP contribution in [0.5, 0.6) is 0 Å². The molecular formula is C18H29N3. The van der Waals surface area contributed by atoms with Crippen molar-refractivity contribution in [2.45, 2.75) is 39.2 Å². The molecule has 1 aromatic carbocycles. The number of nitrogens with zero attached hydrogens (tertiary/aromatic N) is 1. The highest BCUT2D eigenvalue weighted by Crippen LogP contribution is 2.25. The summed E-state index contributed by atoms with van der Waals surface area (Å²) in [5.41, 5.74) is 4.31. The van der Waals surface area contributed by atoms with Crippen LogP contribution in [0.25, 0.3) is 0 Å². The number of para-hydroxylation sites is 1. The molecule has 3 rings (SSSR count). The zero-order chi connectivity index (χ0) is 14.5. The first-order valence-corrected chi connectivity index (χ1v) is 8.60. The summed E-state index contributed by atoms with van der Waals surface area (Å²) < 4.78 is 0. The molecule has 0 bridgehead atoms. The third-order valence-corrected chi connectivity index (χ3v) is 4.74. The Hall–Kier alpha value is -1.06. The molecule has 0 aliphatic carbocycles. The van der Waals surface area contributed by atoms with Crippen molar-refractivity contribution in [1.82, 2.24) is 10.2 Å². The van der Waals surface area contributed by atoms with Gasteiger partial charge in [-0.3, -0.25) is 0 Å². The predicted octanol–water partition coefficient (Wildman–Crippen LogP) is 2.87. The number of benzene rings is 1. The molecule has 0 spiro atoms. The van der Waals surface area contributed by atoms with Crippen molar-refractivity contribution in [3.8, 4) is 0 Å². The molecule has 0 radical (unpaired) electrons. The van der Waals surface area contributed by atoms with Crippen molar-refractivity contribution < 1.29 is 0 Å². The summed E-state index contributed by atoms with van der Waals surface area (Å²) in [5.74, 6) is 0.732. The molecular weight excluding hydrogens is 258 g/mol. The summed E-state index contributed by atoms with van der Waals surface area (Å²) in [7, 11) is 0. The monoisotopic (exact) mass is 287 g/mol. The Bertz CT molecular complexity index is 452. The van der Waals surface area contributed by atoms with Gasteiger partial charge in [-0.1, -0.05) is 25.1 Å². The highest BCUT2D eigenvalue weighted by atomic mass is 15.1. The summed E-state index contributed by atoms with van der Waals surface area (Å²) in [6.07, 6.45) is 5.27. The number of hydrogen-bond acceptors (Lipinski definition) is 3. The van der Waals surface area contributed by atoms with Crippen LogP contribution in [0.3, 0.4) is 0 Å². The zero-order valence-corrected chi connectivity index (χ0v) is 13.3. The fourth-order valence-electron chi connectivity index (χ4n) is 3.65. The van der Waals surface area contributed by atoms with E-state index >= 15 is 0 Å². The molecule has 116 valence electrons. The number of likely N-dealkylation sites (tertiary alicyclic amines) is 1. The van der Waals surface area contributed by atoms with Gasteiger partial charge in [0, 0.05) is 25.3 Å². The van der Waals surface area contributed by atoms with Crippen LogP contribution < -0.4 is 10.6 Å². The van der Waals surface area contributed by atoms with Gasteiger partial charge in [-0.2, -0.15) is 0 Å². The molecule has 2 N–H and O–H groups in total. The minimum absolute atomic E-state index is 0.732.